The van der Waals surface area contributed by atoms with Gasteiger partial charge in [-0.1, -0.05) is 14.9 Å². The molecule has 2 aliphatic rings. The molecule has 2 aliphatic heterocycles. The van der Waals surface area contributed by atoms with Crippen LogP contribution in [0.5, 0.6) is 0 Å². The van der Waals surface area contributed by atoms with E-state index < -0.39 is 39.7 Å². The molecule has 4 rings (SSSR count). The summed E-state index contributed by atoms with van der Waals surface area (Å²) >= 11 is 0. The number of nitro groups is 2. The number of rotatable bonds is 6. The fraction of sp³-hybridized carbons (Fsp3) is 0.448. The van der Waals surface area contributed by atoms with Gasteiger partial charge in [0.2, 0.25) is 0 Å². The van der Waals surface area contributed by atoms with E-state index in [9.17, 15) is 39.4 Å². The van der Waals surface area contributed by atoms with Gasteiger partial charge in [-0.25, -0.2) is 4.79 Å². The number of carbonyl (C=O) groups is 4. The summed E-state index contributed by atoms with van der Waals surface area (Å²) in [5.74, 6) is -1.80. The molecular formula is C29H38N4O11. The predicted molar refractivity (Wildman–Crippen MR) is 158 cm³/mol. The number of hydrogen-bond acceptors (Lipinski definition) is 11. The van der Waals surface area contributed by atoms with Crippen LogP contribution in [0.25, 0.3) is 0 Å². The summed E-state index contributed by atoms with van der Waals surface area (Å²) in [5.41, 5.74) is 2.36. The maximum Gasteiger partial charge on any atom is 0.331 e. The van der Waals surface area contributed by atoms with E-state index in [1.165, 1.54) is 36.3 Å². The summed E-state index contributed by atoms with van der Waals surface area (Å²) in [6.07, 6.45) is 0.609. The number of nitrogens with zero attached hydrogens (tertiary/aromatic N) is 4. The number of carbonyl (C=O) groups excluding carboxylic acids is 4. The van der Waals surface area contributed by atoms with Crippen molar-refractivity contribution in [3.05, 3.63) is 77.9 Å². The van der Waals surface area contributed by atoms with E-state index in [1.807, 2.05) is 0 Å². The van der Waals surface area contributed by atoms with E-state index in [4.69, 9.17) is 9.47 Å². The molecule has 0 bridgehead atoms. The lowest BCUT2D eigenvalue weighted by Crippen LogP contribution is -2.42. The number of ether oxygens (including phenoxy) is 3. The molecular weight excluding hydrogens is 580 g/mol. The standard InChI is InChI=1S/C14H16N2O6.C13H14N2O5.2CH4/c1-8-4-10(11(16(19)20)5-9(8)2)13(17)15-7-22-6-12(15)14(18)21-3;1-8-3-11(12(15(18)19)4-9(8)2)13(17)14-7-20-6-10(14)5-16;;/h4-5,12H,6-7H2,1-3H3;3-5,10H,6-7H2,1-2H3;2*1H4/t12-;10-;;/m01../s1. The lowest BCUT2D eigenvalue weighted by atomic mass is 10.0. The monoisotopic (exact) mass is 618 g/mol. The second kappa shape index (κ2) is 15.6. The SMILES string of the molecule is C.C.COC(=O)[C@@H]1COCN1C(=O)c1cc(C)c(C)cc1[N+](=O)[O-].Cc1cc(C(=O)N2COC[C@H]2C=O)c([N+](=O)[O-])cc1C. The number of amides is 2. The Hall–Kier alpha value is -4.76. The van der Waals surface area contributed by atoms with Crippen LogP contribution in [-0.4, -0.2) is 89.6 Å². The largest absolute Gasteiger partial charge is 0.467 e. The molecule has 0 unspecified atom stereocenters. The van der Waals surface area contributed by atoms with Crippen molar-refractivity contribution in [2.75, 3.05) is 33.8 Å². The molecule has 2 saturated heterocycles. The Bertz CT molecular complexity index is 1440. The number of esters is 1. The molecule has 240 valence electrons. The molecule has 2 aromatic carbocycles. The van der Waals surface area contributed by atoms with E-state index in [-0.39, 0.29) is 64.0 Å². The number of benzene rings is 2. The molecule has 44 heavy (non-hydrogen) atoms. The maximum atomic E-state index is 12.6. The third-order valence-corrected chi connectivity index (χ3v) is 7.03. The van der Waals surface area contributed by atoms with Crippen LogP contribution in [0.1, 0.15) is 57.8 Å². The molecule has 2 fully saturated rings. The third kappa shape index (κ3) is 7.79. The van der Waals surface area contributed by atoms with Gasteiger partial charge in [0.05, 0.1) is 30.2 Å². The summed E-state index contributed by atoms with van der Waals surface area (Å²) in [6.45, 7) is 6.98. The Morgan fingerprint density at radius 2 is 1.20 bits per heavy atom. The van der Waals surface area contributed by atoms with Gasteiger partial charge in [0.15, 0.2) is 6.04 Å². The predicted octanol–water partition coefficient (Wildman–Crippen LogP) is 3.66. The highest BCUT2D eigenvalue weighted by atomic mass is 16.6. The molecule has 0 spiro atoms. The summed E-state index contributed by atoms with van der Waals surface area (Å²) in [5, 5.41) is 22.3. The van der Waals surface area contributed by atoms with Crippen molar-refractivity contribution >= 4 is 35.4 Å². The zero-order chi connectivity index (χ0) is 31.3. The molecule has 2 amide bonds. The first-order chi connectivity index (χ1) is 19.8. The lowest BCUT2D eigenvalue weighted by Gasteiger charge is -2.20. The van der Waals surface area contributed by atoms with Crippen molar-refractivity contribution in [3.63, 3.8) is 0 Å². The van der Waals surface area contributed by atoms with E-state index in [1.54, 1.807) is 27.7 Å². The van der Waals surface area contributed by atoms with E-state index >= 15 is 0 Å². The van der Waals surface area contributed by atoms with Crippen molar-refractivity contribution in [3.8, 4) is 0 Å². The molecule has 0 aliphatic carbocycles. The van der Waals surface area contributed by atoms with Gasteiger partial charge in [-0.05, 0) is 62.1 Å². The number of hydrogen-bond donors (Lipinski definition) is 0. The van der Waals surface area contributed by atoms with Gasteiger partial charge < -0.3 is 23.9 Å². The summed E-state index contributed by atoms with van der Waals surface area (Å²) in [6, 6.07) is 4.09. The second-order valence-electron chi connectivity index (χ2n) is 9.71. The first-order valence-electron chi connectivity index (χ1n) is 12.6. The van der Waals surface area contributed by atoms with Crippen LogP contribution in [0, 0.1) is 47.9 Å². The molecule has 2 atom stereocenters. The highest BCUT2D eigenvalue weighted by Gasteiger charge is 2.38. The zero-order valence-electron chi connectivity index (χ0n) is 23.6. The number of methoxy groups -OCH3 is 1. The minimum atomic E-state index is -0.890. The smallest absolute Gasteiger partial charge is 0.331 e. The molecule has 2 aromatic rings. The highest BCUT2D eigenvalue weighted by molar-refractivity contribution is 6.01. The lowest BCUT2D eigenvalue weighted by molar-refractivity contribution is -0.385. The minimum Gasteiger partial charge on any atom is -0.467 e. The topological polar surface area (TPSA) is 189 Å². The molecule has 0 aromatic heterocycles. The van der Waals surface area contributed by atoms with Crippen molar-refractivity contribution < 1.29 is 43.2 Å². The van der Waals surface area contributed by atoms with Crippen LogP contribution in [0.15, 0.2) is 24.3 Å². The molecule has 0 radical (unpaired) electrons. The van der Waals surface area contributed by atoms with Crippen LogP contribution < -0.4 is 0 Å². The van der Waals surface area contributed by atoms with Gasteiger partial charge in [-0.3, -0.25) is 34.7 Å². The molecule has 0 saturated carbocycles. The van der Waals surface area contributed by atoms with E-state index in [2.05, 4.69) is 4.74 Å². The van der Waals surface area contributed by atoms with Crippen molar-refractivity contribution in [1.82, 2.24) is 9.80 Å². The Balaban J connectivity index is 0.000000422. The Morgan fingerprint density at radius 3 is 1.64 bits per heavy atom. The van der Waals surface area contributed by atoms with Gasteiger partial charge in [0.1, 0.15) is 36.9 Å². The Labute approximate surface area is 255 Å². The van der Waals surface area contributed by atoms with Crippen molar-refractivity contribution in [1.29, 1.82) is 0 Å². The summed E-state index contributed by atoms with van der Waals surface area (Å²) in [4.78, 5) is 71.0. The van der Waals surface area contributed by atoms with Crippen molar-refractivity contribution in [2.45, 2.75) is 54.6 Å². The highest BCUT2D eigenvalue weighted by Crippen LogP contribution is 2.27. The molecule has 15 nitrogen and oxygen atoms in total. The minimum absolute atomic E-state index is 0. The van der Waals surface area contributed by atoms with Crippen LogP contribution >= 0.6 is 0 Å². The maximum absolute atomic E-state index is 12.6. The first kappa shape index (κ1) is 37.3. The number of aryl methyl sites for hydroxylation is 4. The van der Waals surface area contributed by atoms with Gasteiger partial charge >= 0.3 is 5.97 Å². The van der Waals surface area contributed by atoms with Crippen LogP contribution in [0.2, 0.25) is 0 Å². The normalized spacial score (nSPS) is 16.9. The number of aldehydes is 1. The Morgan fingerprint density at radius 1 is 0.795 bits per heavy atom. The van der Waals surface area contributed by atoms with Gasteiger partial charge in [0.25, 0.3) is 23.2 Å². The number of nitro benzene ring substituents is 2. The van der Waals surface area contributed by atoms with Crippen LogP contribution in [-0.2, 0) is 23.8 Å². The summed E-state index contributed by atoms with van der Waals surface area (Å²) in [7, 11) is 1.21. The van der Waals surface area contributed by atoms with E-state index in [0.29, 0.717) is 11.8 Å². The fourth-order valence-corrected chi connectivity index (χ4v) is 4.31. The van der Waals surface area contributed by atoms with Gasteiger partial charge in [-0.2, -0.15) is 0 Å². The van der Waals surface area contributed by atoms with Crippen LogP contribution in [0.4, 0.5) is 11.4 Å². The molecule has 15 heteroatoms. The van der Waals surface area contributed by atoms with Gasteiger partial charge in [-0.15, -0.1) is 0 Å². The zero-order valence-corrected chi connectivity index (χ0v) is 23.6. The van der Waals surface area contributed by atoms with Gasteiger partial charge in [0, 0.05) is 12.1 Å². The average Bonchev–Trinajstić information content (AvgIpc) is 3.64. The Kier molecular flexibility index (Phi) is 13.2. The van der Waals surface area contributed by atoms with Crippen molar-refractivity contribution in [2.24, 2.45) is 0 Å². The quantitative estimate of drug-likeness (QED) is 0.199. The van der Waals surface area contributed by atoms with E-state index in [0.717, 1.165) is 21.6 Å². The summed E-state index contributed by atoms with van der Waals surface area (Å²) < 4.78 is 14.8. The molecule has 2 heterocycles. The third-order valence-electron chi connectivity index (χ3n) is 7.03. The first-order valence-corrected chi connectivity index (χ1v) is 12.6. The van der Waals surface area contributed by atoms with Crippen LogP contribution in [0.3, 0.4) is 0 Å². The fourth-order valence-electron chi connectivity index (χ4n) is 4.31. The molecule has 0 N–H and O–H groups in total. The average molecular weight is 619 g/mol. The second-order valence-corrected chi connectivity index (χ2v) is 9.71.